The van der Waals surface area contributed by atoms with E-state index in [0.29, 0.717) is 5.02 Å². The molecule has 0 saturated carbocycles. The molecule has 1 N–H and O–H groups in total. The molecule has 0 aromatic carbocycles. The summed E-state index contributed by atoms with van der Waals surface area (Å²) in [5.74, 6) is 0.192. The van der Waals surface area contributed by atoms with Gasteiger partial charge in [0.1, 0.15) is 17.8 Å². The minimum Gasteiger partial charge on any atom is -0.370 e. The molecule has 1 saturated heterocycles. The molecule has 0 atom stereocenters. The van der Waals surface area contributed by atoms with Gasteiger partial charge in [0.25, 0.3) is 0 Å². The predicted octanol–water partition coefficient (Wildman–Crippen LogP) is 3.62. The zero-order chi connectivity index (χ0) is 17.2. The molecule has 3 heterocycles. The van der Waals surface area contributed by atoms with E-state index in [1.807, 2.05) is 6.07 Å². The number of nitrogens with one attached hydrogen (secondary N) is 1. The van der Waals surface area contributed by atoms with Crippen LogP contribution in [0, 0.1) is 0 Å². The van der Waals surface area contributed by atoms with Crippen LogP contribution in [0.15, 0.2) is 30.9 Å². The van der Waals surface area contributed by atoms with Crippen molar-refractivity contribution in [3.63, 3.8) is 0 Å². The van der Waals surface area contributed by atoms with E-state index in [2.05, 4.69) is 25.2 Å². The lowest BCUT2D eigenvalue weighted by atomic mass is 10.0. The van der Waals surface area contributed by atoms with Crippen molar-refractivity contribution in [1.82, 2.24) is 15.0 Å². The van der Waals surface area contributed by atoms with Crippen LogP contribution in [0.1, 0.15) is 18.5 Å². The van der Waals surface area contributed by atoms with Gasteiger partial charge in [0.15, 0.2) is 0 Å². The molecule has 2 aromatic rings. The van der Waals surface area contributed by atoms with E-state index in [-0.39, 0.29) is 11.9 Å². The second-order valence-corrected chi connectivity index (χ2v) is 5.93. The fourth-order valence-electron chi connectivity index (χ4n) is 2.69. The number of hydrogen-bond donors (Lipinski definition) is 1. The first kappa shape index (κ1) is 16.8. The topological polar surface area (TPSA) is 53.9 Å². The molecule has 24 heavy (non-hydrogen) atoms. The van der Waals surface area contributed by atoms with Gasteiger partial charge in [0.05, 0.1) is 10.7 Å². The summed E-state index contributed by atoms with van der Waals surface area (Å²) < 4.78 is 38.0. The van der Waals surface area contributed by atoms with Gasteiger partial charge in [-0.2, -0.15) is 13.2 Å². The monoisotopic (exact) mass is 357 g/mol. The molecule has 5 nitrogen and oxygen atoms in total. The lowest BCUT2D eigenvalue weighted by Gasteiger charge is -2.34. The van der Waals surface area contributed by atoms with E-state index in [1.165, 1.54) is 0 Å². The van der Waals surface area contributed by atoms with Gasteiger partial charge in [-0.1, -0.05) is 11.6 Å². The van der Waals surface area contributed by atoms with Gasteiger partial charge in [-0.25, -0.2) is 9.97 Å². The second kappa shape index (κ2) is 6.80. The smallest absolute Gasteiger partial charge is 0.370 e. The van der Waals surface area contributed by atoms with Crippen LogP contribution in [0.25, 0.3) is 0 Å². The van der Waals surface area contributed by atoms with E-state index in [4.69, 9.17) is 11.6 Å². The Labute approximate surface area is 141 Å². The summed E-state index contributed by atoms with van der Waals surface area (Å²) in [7, 11) is 0. The van der Waals surface area contributed by atoms with E-state index >= 15 is 0 Å². The summed E-state index contributed by atoms with van der Waals surface area (Å²) >= 11 is 6.14. The van der Waals surface area contributed by atoms with Crippen molar-refractivity contribution in [2.75, 3.05) is 23.3 Å². The first-order valence-electron chi connectivity index (χ1n) is 7.44. The number of hydrogen-bond acceptors (Lipinski definition) is 5. The van der Waals surface area contributed by atoms with Crippen molar-refractivity contribution < 1.29 is 13.2 Å². The van der Waals surface area contributed by atoms with Gasteiger partial charge < -0.3 is 10.2 Å². The molecule has 1 fully saturated rings. The van der Waals surface area contributed by atoms with Crippen LogP contribution in [-0.4, -0.2) is 34.1 Å². The molecule has 128 valence electrons. The highest BCUT2D eigenvalue weighted by Gasteiger charge is 2.33. The number of halogens is 4. The zero-order valence-corrected chi connectivity index (χ0v) is 13.3. The SMILES string of the molecule is FC(F)(F)c1cc(NC2CCN(c3ccncc3Cl)CC2)ncn1. The summed E-state index contributed by atoms with van der Waals surface area (Å²) in [4.78, 5) is 13.2. The highest BCUT2D eigenvalue weighted by atomic mass is 35.5. The lowest BCUT2D eigenvalue weighted by molar-refractivity contribution is -0.141. The quantitative estimate of drug-likeness (QED) is 0.909. The molecular formula is C15H15ClF3N5. The summed E-state index contributed by atoms with van der Waals surface area (Å²) in [5.41, 5.74) is -0.0208. The number of nitrogens with zero attached hydrogens (tertiary/aromatic N) is 4. The maximum atomic E-state index is 12.7. The largest absolute Gasteiger partial charge is 0.433 e. The molecule has 9 heteroatoms. The maximum Gasteiger partial charge on any atom is 0.433 e. The summed E-state index contributed by atoms with van der Waals surface area (Å²) in [6, 6.07) is 2.85. The third-order valence-electron chi connectivity index (χ3n) is 3.90. The molecule has 0 unspecified atom stereocenters. The van der Waals surface area contributed by atoms with Crippen molar-refractivity contribution in [3.05, 3.63) is 41.6 Å². The number of aromatic nitrogens is 3. The van der Waals surface area contributed by atoms with Gasteiger partial charge in [-0.3, -0.25) is 4.98 Å². The number of pyridine rings is 1. The molecule has 0 aliphatic carbocycles. The van der Waals surface area contributed by atoms with E-state index in [1.54, 1.807) is 12.4 Å². The number of rotatable bonds is 3. The first-order chi connectivity index (χ1) is 11.4. The Kier molecular flexibility index (Phi) is 4.75. The van der Waals surface area contributed by atoms with Gasteiger partial charge in [0.2, 0.25) is 0 Å². The molecular weight excluding hydrogens is 343 g/mol. The van der Waals surface area contributed by atoms with Crippen molar-refractivity contribution in [2.24, 2.45) is 0 Å². The van der Waals surface area contributed by atoms with Crippen molar-refractivity contribution in [2.45, 2.75) is 25.1 Å². The maximum absolute atomic E-state index is 12.7. The summed E-state index contributed by atoms with van der Waals surface area (Å²) in [5, 5.41) is 3.65. The van der Waals surface area contributed by atoms with Crippen LogP contribution in [0.3, 0.4) is 0 Å². The zero-order valence-electron chi connectivity index (χ0n) is 12.6. The standard InChI is InChI=1S/C15H15ClF3N5/c16-11-8-20-4-1-12(11)24-5-2-10(3-6-24)23-14-7-13(15(17,18)19)21-9-22-14/h1,4,7-10H,2-3,5-6H2,(H,21,22,23). The average molecular weight is 358 g/mol. The molecule has 3 rings (SSSR count). The van der Waals surface area contributed by atoms with Crippen LogP contribution in [-0.2, 0) is 6.18 Å². The molecule has 0 radical (unpaired) electrons. The van der Waals surface area contributed by atoms with Crippen molar-refractivity contribution >= 4 is 23.1 Å². The van der Waals surface area contributed by atoms with Gasteiger partial charge in [-0.05, 0) is 18.9 Å². The average Bonchev–Trinajstić information content (AvgIpc) is 2.56. The van der Waals surface area contributed by atoms with Crippen LogP contribution in [0.2, 0.25) is 5.02 Å². The Balaban J connectivity index is 1.61. The number of piperidine rings is 1. The Bertz CT molecular complexity index is 702. The lowest BCUT2D eigenvalue weighted by Crippen LogP contribution is -2.39. The van der Waals surface area contributed by atoms with Crippen molar-refractivity contribution in [1.29, 1.82) is 0 Å². The van der Waals surface area contributed by atoms with Crippen molar-refractivity contribution in [3.8, 4) is 0 Å². The van der Waals surface area contributed by atoms with E-state index < -0.39 is 11.9 Å². The van der Waals surface area contributed by atoms with E-state index in [9.17, 15) is 13.2 Å². The van der Waals surface area contributed by atoms with Gasteiger partial charge in [-0.15, -0.1) is 0 Å². The molecule has 0 amide bonds. The van der Waals surface area contributed by atoms with Crippen LogP contribution in [0.5, 0.6) is 0 Å². The first-order valence-corrected chi connectivity index (χ1v) is 7.81. The molecule has 1 aliphatic rings. The highest BCUT2D eigenvalue weighted by Crippen LogP contribution is 2.30. The third-order valence-corrected chi connectivity index (χ3v) is 4.19. The Morgan fingerprint density at radius 2 is 1.96 bits per heavy atom. The summed E-state index contributed by atoms with van der Waals surface area (Å²) in [6.07, 6.45) is 1.28. The molecule has 2 aromatic heterocycles. The van der Waals surface area contributed by atoms with Crippen LogP contribution >= 0.6 is 11.6 Å². The summed E-state index contributed by atoms with van der Waals surface area (Å²) in [6.45, 7) is 1.50. The van der Waals surface area contributed by atoms with Gasteiger partial charge >= 0.3 is 6.18 Å². The fourth-order valence-corrected chi connectivity index (χ4v) is 2.93. The minimum absolute atomic E-state index is 0.0536. The van der Waals surface area contributed by atoms with Gasteiger partial charge in [0, 0.05) is 37.6 Å². The molecule has 0 bridgehead atoms. The van der Waals surface area contributed by atoms with Crippen LogP contribution in [0.4, 0.5) is 24.7 Å². The Hall–Kier alpha value is -2.09. The number of anilines is 2. The number of alkyl halides is 3. The fraction of sp³-hybridized carbons (Fsp3) is 0.400. The molecule has 1 aliphatic heterocycles. The predicted molar refractivity (Wildman–Crippen MR) is 85.1 cm³/mol. The Morgan fingerprint density at radius 1 is 1.21 bits per heavy atom. The Morgan fingerprint density at radius 3 is 2.62 bits per heavy atom. The van der Waals surface area contributed by atoms with Crippen LogP contribution < -0.4 is 10.2 Å². The third kappa shape index (κ3) is 3.87. The highest BCUT2D eigenvalue weighted by molar-refractivity contribution is 6.33. The molecule has 0 spiro atoms. The minimum atomic E-state index is -4.47. The normalized spacial score (nSPS) is 16.2. The second-order valence-electron chi connectivity index (χ2n) is 5.52. The van der Waals surface area contributed by atoms with E-state index in [0.717, 1.165) is 44.0 Å².